The van der Waals surface area contributed by atoms with E-state index in [0.717, 1.165) is 30.7 Å². The van der Waals surface area contributed by atoms with E-state index in [1.807, 2.05) is 0 Å². The SMILES string of the molecule is CCCCCCCCCC/C=C/CCCCCC1N=CC[N+]1(CC)CCNC(C)=O. The van der Waals surface area contributed by atoms with Gasteiger partial charge in [-0.2, -0.15) is 0 Å². The molecule has 30 heavy (non-hydrogen) atoms. The average Bonchev–Trinajstić information content (AvgIpc) is 3.13. The smallest absolute Gasteiger partial charge is 0.217 e. The zero-order chi connectivity index (χ0) is 21.9. The van der Waals surface area contributed by atoms with Crippen LogP contribution < -0.4 is 5.32 Å². The van der Waals surface area contributed by atoms with Gasteiger partial charge in [0.1, 0.15) is 6.54 Å². The molecule has 1 aliphatic rings. The molecule has 1 amide bonds. The lowest BCUT2D eigenvalue weighted by Gasteiger charge is -2.38. The number of amides is 1. The van der Waals surface area contributed by atoms with Gasteiger partial charge in [-0.25, -0.2) is 4.99 Å². The zero-order valence-electron chi connectivity index (χ0n) is 20.3. The molecule has 0 radical (unpaired) electrons. The maximum absolute atomic E-state index is 11.2. The van der Waals surface area contributed by atoms with E-state index in [9.17, 15) is 4.79 Å². The fourth-order valence-corrected chi connectivity index (χ4v) is 4.53. The first-order chi connectivity index (χ1) is 14.6. The van der Waals surface area contributed by atoms with E-state index in [2.05, 4.69) is 37.5 Å². The first-order valence-electron chi connectivity index (χ1n) is 12.9. The highest BCUT2D eigenvalue weighted by Gasteiger charge is 2.37. The largest absolute Gasteiger partial charge is 0.351 e. The Hall–Kier alpha value is -1.16. The predicted octanol–water partition coefficient (Wildman–Crippen LogP) is 6.41. The van der Waals surface area contributed by atoms with Gasteiger partial charge in [0, 0.05) is 13.3 Å². The Morgan fingerprint density at radius 1 is 0.967 bits per heavy atom. The molecule has 1 heterocycles. The lowest BCUT2D eigenvalue weighted by atomic mass is 10.1. The Balaban J connectivity index is 2.02. The molecule has 0 spiro atoms. The van der Waals surface area contributed by atoms with Gasteiger partial charge in [-0.05, 0) is 39.0 Å². The van der Waals surface area contributed by atoms with E-state index in [4.69, 9.17) is 4.99 Å². The van der Waals surface area contributed by atoms with Gasteiger partial charge >= 0.3 is 0 Å². The maximum atomic E-state index is 11.2. The van der Waals surface area contributed by atoms with E-state index in [1.54, 1.807) is 6.92 Å². The van der Waals surface area contributed by atoms with Crippen LogP contribution in [0.15, 0.2) is 17.1 Å². The summed E-state index contributed by atoms with van der Waals surface area (Å²) < 4.78 is 1.01. The summed E-state index contributed by atoms with van der Waals surface area (Å²) in [6, 6.07) is 0. The molecule has 0 bridgehead atoms. The maximum Gasteiger partial charge on any atom is 0.217 e. The standard InChI is InChI=1S/C26H49N3O/c1-4-6-7-8-9-10-11-12-13-14-15-16-17-18-19-20-26-28-22-24-29(26,5-2)23-21-27-25(3)30/h14-15,22,26H,4-13,16-21,23-24H2,1-3H3/p+1/b15-14+. The second-order valence-corrected chi connectivity index (χ2v) is 9.11. The number of carbonyl (C=O) groups excluding carboxylic acids is 1. The molecule has 0 aromatic carbocycles. The minimum Gasteiger partial charge on any atom is -0.351 e. The highest BCUT2D eigenvalue weighted by atomic mass is 16.1. The number of quaternary nitrogens is 1. The summed E-state index contributed by atoms with van der Waals surface area (Å²) in [6.07, 6.45) is 26.0. The van der Waals surface area contributed by atoms with Gasteiger partial charge in [0.25, 0.3) is 0 Å². The number of carbonyl (C=O) groups is 1. The molecule has 1 aliphatic heterocycles. The van der Waals surface area contributed by atoms with Crippen molar-refractivity contribution < 1.29 is 9.28 Å². The van der Waals surface area contributed by atoms with E-state index in [1.165, 1.54) is 89.9 Å². The third-order valence-electron chi connectivity index (χ3n) is 6.64. The fraction of sp³-hybridized carbons (Fsp3) is 0.846. The number of nitrogens with zero attached hydrogens (tertiary/aromatic N) is 2. The van der Waals surface area contributed by atoms with Crippen LogP contribution in [0.5, 0.6) is 0 Å². The topological polar surface area (TPSA) is 41.5 Å². The van der Waals surface area contributed by atoms with Crippen LogP contribution in [0.2, 0.25) is 0 Å². The summed E-state index contributed by atoms with van der Waals surface area (Å²) >= 11 is 0. The molecule has 1 N–H and O–H groups in total. The van der Waals surface area contributed by atoms with E-state index in [-0.39, 0.29) is 5.91 Å². The number of likely N-dealkylation sites (N-methyl/N-ethyl adjacent to an activating group) is 1. The Morgan fingerprint density at radius 3 is 2.17 bits per heavy atom. The molecule has 0 aromatic heterocycles. The van der Waals surface area contributed by atoms with Crippen molar-refractivity contribution in [3.05, 3.63) is 12.2 Å². The second-order valence-electron chi connectivity index (χ2n) is 9.11. The van der Waals surface area contributed by atoms with Gasteiger partial charge < -0.3 is 5.32 Å². The van der Waals surface area contributed by atoms with Crippen LogP contribution in [0.4, 0.5) is 0 Å². The van der Waals surface area contributed by atoms with Crippen molar-refractivity contribution in [2.45, 2.75) is 117 Å². The summed E-state index contributed by atoms with van der Waals surface area (Å²) in [4.78, 5) is 15.9. The van der Waals surface area contributed by atoms with Crippen LogP contribution >= 0.6 is 0 Å². The molecule has 0 aromatic rings. The van der Waals surface area contributed by atoms with Crippen molar-refractivity contribution >= 4 is 12.1 Å². The van der Waals surface area contributed by atoms with Gasteiger partial charge in [-0.15, -0.1) is 0 Å². The van der Waals surface area contributed by atoms with Crippen LogP contribution in [0, 0.1) is 0 Å². The van der Waals surface area contributed by atoms with Crippen LogP contribution in [0.1, 0.15) is 111 Å². The first-order valence-corrected chi connectivity index (χ1v) is 12.9. The summed E-state index contributed by atoms with van der Waals surface area (Å²) in [5, 5.41) is 2.96. The number of rotatable bonds is 19. The number of hydrogen-bond donors (Lipinski definition) is 1. The minimum atomic E-state index is 0.0661. The van der Waals surface area contributed by atoms with Crippen LogP contribution in [0.25, 0.3) is 0 Å². The third kappa shape index (κ3) is 11.9. The molecule has 0 saturated carbocycles. The number of aliphatic imine (C=N–C) groups is 1. The summed E-state index contributed by atoms with van der Waals surface area (Å²) in [6.45, 7) is 9.99. The van der Waals surface area contributed by atoms with Crippen molar-refractivity contribution in [2.24, 2.45) is 4.99 Å². The second kappa shape index (κ2) is 17.5. The molecule has 0 saturated heterocycles. The van der Waals surface area contributed by atoms with Crippen LogP contribution in [-0.2, 0) is 4.79 Å². The number of hydrogen-bond acceptors (Lipinski definition) is 2. The average molecular weight is 421 g/mol. The number of unbranched alkanes of at least 4 members (excludes halogenated alkanes) is 11. The normalized spacial score (nSPS) is 21.0. The van der Waals surface area contributed by atoms with Crippen molar-refractivity contribution in [3.8, 4) is 0 Å². The lowest BCUT2D eigenvalue weighted by Crippen LogP contribution is -2.55. The van der Waals surface area contributed by atoms with Crippen molar-refractivity contribution in [1.29, 1.82) is 0 Å². The number of allylic oxidation sites excluding steroid dienone is 2. The molecule has 0 aliphatic carbocycles. The summed E-state index contributed by atoms with van der Waals surface area (Å²) in [5.41, 5.74) is 0. The van der Waals surface area contributed by atoms with Crippen molar-refractivity contribution in [3.63, 3.8) is 0 Å². The predicted molar refractivity (Wildman–Crippen MR) is 131 cm³/mol. The highest BCUT2D eigenvalue weighted by molar-refractivity contribution is 5.72. The Morgan fingerprint density at radius 2 is 1.57 bits per heavy atom. The quantitative estimate of drug-likeness (QED) is 0.146. The number of nitrogens with one attached hydrogen (secondary N) is 1. The third-order valence-corrected chi connectivity index (χ3v) is 6.64. The molecule has 4 nitrogen and oxygen atoms in total. The molecule has 0 fully saturated rings. The van der Waals surface area contributed by atoms with Crippen LogP contribution in [0.3, 0.4) is 0 Å². The Bertz CT molecular complexity index is 489. The Labute approximate surface area is 187 Å². The molecular weight excluding hydrogens is 370 g/mol. The van der Waals surface area contributed by atoms with Gasteiger partial charge in [0.15, 0.2) is 6.17 Å². The Kier molecular flexibility index (Phi) is 15.7. The summed E-state index contributed by atoms with van der Waals surface area (Å²) in [5.74, 6) is 0.0661. The zero-order valence-corrected chi connectivity index (χ0v) is 20.3. The molecule has 2 unspecified atom stereocenters. The van der Waals surface area contributed by atoms with E-state index in [0.29, 0.717) is 6.17 Å². The lowest BCUT2D eigenvalue weighted by molar-refractivity contribution is -0.935. The minimum absolute atomic E-state index is 0.0661. The molecule has 4 heteroatoms. The molecule has 1 rings (SSSR count). The van der Waals surface area contributed by atoms with Crippen LogP contribution in [-0.4, -0.2) is 48.9 Å². The van der Waals surface area contributed by atoms with Gasteiger partial charge in [0.2, 0.25) is 5.91 Å². The molecular formula is C26H50N3O+. The fourth-order valence-electron chi connectivity index (χ4n) is 4.53. The molecule has 174 valence electrons. The van der Waals surface area contributed by atoms with E-state index < -0.39 is 0 Å². The van der Waals surface area contributed by atoms with Gasteiger partial charge in [0.05, 0.1) is 25.8 Å². The first kappa shape index (κ1) is 26.9. The molecule has 2 atom stereocenters. The van der Waals surface area contributed by atoms with E-state index >= 15 is 0 Å². The monoisotopic (exact) mass is 420 g/mol. The highest BCUT2D eigenvalue weighted by Crippen LogP contribution is 2.24. The van der Waals surface area contributed by atoms with Gasteiger partial charge in [-0.3, -0.25) is 9.28 Å². The van der Waals surface area contributed by atoms with Crippen molar-refractivity contribution in [1.82, 2.24) is 5.32 Å². The summed E-state index contributed by atoms with van der Waals surface area (Å²) in [7, 11) is 0. The van der Waals surface area contributed by atoms with Crippen molar-refractivity contribution in [2.75, 3.05) is 26.2 Å². The van der Waals surface area contributed by atoms with Gasteiger partial charge in [-0.1, -0.05) is 70.4 Å².